The summed E-state index contributed by atoms with van der Waals surface area (Å²) in [5.41, 5.74) is 2.26. The van der Waals surface area contributed by atoms with E-state index in [0.717, 1.165) is 18.7 Å². The maximum atomic E-state index is 11.1. The molecule has 0 fully saturated rings. The van der Waals surface area contributed by atoms with Crippen LogP contribution in [0.5, 0.6) is 0 Å². The summed E-state index contributed by atoms with van der Waals surface area (Å²) >= 11 is 1.88. The number of carbonyl (C=O) groups excluding carboxylic acids is 1. The van der Waals surface area contributed by atoms with Gasteiger partial charge in [0, 0.05) is 11.0 Å². The van der Waals surface area contributed by atoms with Crippen molar-refractivity contribution in [1.82, 2.24) is 20.4 Å². The van der Waals surface area contributed by atoms with Gasteiger partial charge in [-0.05, 0) is 6.42 Å². The van der Waals surface area contributed by atoms with E-state index in [-0.39, 0.29) is 5.69 Å². The lowest BCUT2D eigenvalue weighted by Crippen LogP contribution is -2.30. The molecule has 0 saturated carbocycles. The fraction of sp³-hybridized carbons (Fsp3) is 0.667. The van der Waals surface area contributed by atoms with Crippen molar-refractivity contribution in [3.63, 3.8) is 0 Å². The molecule has 90 valence electrons. The van der Waals surface area contributed by atoms with Crippen molar-refractivity contribution in [2.45, 2.75) is 32.1 Å². The van der Waals surface area contributed by atoms with Crippen LogP contribution in [0.25, 0.3) is 0 Å². The molecule has 0 aromatic carbocycles. The number of hydrogen-bond acceptors (Lipinski definition) is 5. The van der Waals surface area contributed by atoms with Crippen molar-refractivity contribution in [2.75, 3.05) is 5.75 Å². The fourth-order valence-electron chi connectivity index (χ4n) is 1.05. The van der Waals surface area contributed by atoms with E-state index in [0.29, 0.717) is 5.25 Å². The summed E-state index contributed by atoms with van der Waals surface area (Å²) in [6, 6.07) is 0. The van der Waals surface area contributed by atoms with Crippen LogP contribution in [0.2, 0.25) is 0 Å². The first-order valence-corrected chi connectivity index (χ1v) is 6.25. The van der Waals surface area contributed by atoms with Gasteiger partial charge in [-0.25, -0.2) is 5.84 Å². The molecule has 1 atom stereocenters. The molecule has 0 aliphatic heterocycles. The number of carbonyl (C=O) groups is 1. The van der Waals surface area contributed by atoms with E-state index in [1.54, 1.807) is 10.9 Å². The summed E-state index contributed by atoms with van der Waals surface area (Å²) in [6.45, 7) is 5.11. The minimum absolute atomic E-state index is 0.246. The number of aryl methyl sites for hydroxylation is 1. The molecule has 0 spiro atoms. The quantitative estimate of drug-likeness (QED) is 0.429. The number of rotatable bonds is 6. The molecule has 1 aromatic heterocycles. The lowest BCUT2D eigenvalue weighted by atomic mass is 10.4. The van der Waals surface area contributed by atoms with Gasteiger partial charge in [0.1, 0.15) is 0 Å². The normalized spacial score (nSPS) is 12.4. The maximum absolute atomic E-state index is 11.1. The minimum Gasteiger partial charge on any atom is -0.289 e. The highest BCUT2D eigenvalue weighted by Gasteiger charge is 2.08. The Hall–Kier alpha value is -1.08. The zero-order chi connectivity index (χ0) is 12.0. The monoisotopic (exact) mass is 243 g/mol. The number of nitrogen functional groups attached to an aromatic ring is 1. The molecule has 0 saturated heterocycles. The second kappa shape index (κ2) is 6.49. The van der Waals surface area contributed by atoms with Crippen LogP contribution in [0.15, 0.2) is 6.20 Å². The number of nitrogens with two attached hydrogens (primary N) is 1. The first-order chi connectivity index (χ1) is 7.67. The molecule has 7 heteroatoms. The Bertz CT molecular complexity index is 340. The number of nitrogens with zero attached hydrogens (tertiary/aromatic N) is 3. The Morgan fingerprint density at radius 2 is 2.50 bits per heavy atom. The molecule has 1 aromatic rings. The SMILES string of the molecule is CCC(C)SCCn1cc(C(=O)NN)nn1. The molecular formula is C9H17N5OS. The molecule has 0 aliphatic carbocycles. The van der Waals surface area contributed by atoms with Crippen molar-refractivity contribution >= 4 is 17.7 Å². The van der Waals surface area contributed by atoms with E-state index in [9.17, 15) is 4.79 Å². The van der Waals surface area contributed by atoms with Crippen LogP contribution in [0.1, 0.15) is 30.8 Å². The zero-order valence-electron chi connectivity index (χ0n) is 9.51. The van der Waals surface area contributed by atoms with Gasteiger partial charge in [0.15, 0.2) is 5.69 Å². The van der Waals surface area contributed by atoms with Gasteiger partial charge in [0.2, 0.25) is 0 Å². The van der Waals surface area contributed by atoms with E-state index in [1.165, 1.54) is 0 Å². The van der Waals surface area contributed by atoms with Crippen LogP contribution in [0, 0.1) is 0 Å². The molecule has 3 N–H and O–H groups in total. The summed E-state index contributed by atoms with van der Waals surface area (Å²) < 4.78 is 1.65. The Morgan fingerprint density at radius 3 is 3.12 bits per heavy atom. The second-order valence-electron chi connectivity index (χ2n) is 3.43. The van der Waals surface area contributed by atoms with Gasteiger partial charge in [0.05, 0.1) is 12.7 Å². The summed E-state index contributed by atoms with van der Waals surface area (Å²) in [6.07, 6.45) is 2.75. The number of amides is 1. The van der Waals surface area contributed by atoms with E-state index < -0.39 is 5.91 Å². The number of hydrogen-bond donors (Lipinski definition) is 2. The summed E-state index contributed by atoms with van der Waals surface area (Å²) in [7, 11) is 0. The minimum atomic E-state index is -0.416. The van der Waals surface area contributed by atoms with Gasteiger partial charge in [-0.2, -0.15) is 11.8 Å². The lowest BCUT2D eigenvalue weighted by Gasteiger charge is -2.06. The van der Waals surface area contributed by atoms with Gasteiger partial charge in [0.25, 0.3) is 5.91 Å². The number of thioether (sulfide) groups is 1. The van der Waals surface area contributed by atoms with E-state index in [2.05, 4.69) is 24.2 Å². The molecule has 16 heavy (non-hydrogen) atoms. The van der Waals surface area contributed by atoms with Gasteiger partial charge in [-0.1, -0.05) is 19.1 Å². The van der Waals surface area contributed by atoms with Gasteiger partial charge >= 0.3 is 0 Å². The number of aromatic nitrogens is 3. The molecular weight excluding hydrogens is 226 g/mol. The average molecular weight is 243 g/mol. The molecule has 0 aliphatic rings. The van der Waals surface area contributed by atoms with E-state index in [4.69, 9.17) is 5.84 Å². The predicted octanol–water partition coefficient (Wildman–Crippen LogP) is 0.413. The maximum Gasteiger partial charge on any atom is 0.287 e. The fourth-order valence-corrected chi connectivity index (χ4v) is 1.98. The largest absolute Gasteiger partial charge is 0.289 e. The first kappa shape index (κ1) is 13.0. The van der Waals surface area contributed by atoms with Crippen LogP contribution in [0.3, 0.4) is 0 Å². The van der Waals surface area contributed by atoms with Crippen molar-refractivity contribution in [1.29, 1.82) is 0 Å². The second-order valence-corrected chi connectivity index (χ2v) is 4.98. The van der Waals surface area contributed by atoms with Gasteiger partial charge in [-0.3, -0.25) is 14.9 Å². The Morgan fingerprint density at radius 1 is 1.75 bits per heavy atom. The Kier molecular flexibility index (Phi) is 5.27. The molecule has 1 rings (SSSR count). The molecule has 1 unspecified atom stereocenters. The highest BCUT2D eigenvalue weighted by atomic mass is 32.2. The van der Waals surface area contributed by atoms with Crippen LogP contribution in [-0.2, 0) is 6.54 Å². The topological polar surface area (TPSA) is 85.8 Å². The Labute approximate surface area is 98.9 Å². The smallest absolute Gasteiger partial charge is 0.287 e. The van der Waals surface area contributed by atoms with Crippen LogP contribution >= 0.6 is 11.8 Å². The number of hydrazine groups is 1. The summed E-state index contributed by atoms with van der Waals surface area (Å²) in [5, 5.41) is 8.21. The first-order valence-electron chi connectivity index (χ1n) is 5.20. The molecule has 0 radical (unpaired) electrons. The standard InChI is InChI=1S/C9H17N5OS/c1-3-7(2)16-5-4-14-6-8(12-13-14)9(15)11-10/h6-7H,3-5,10H2,1-2H3,(H,11,15). The van der Waals surface area contributed by atoms with Gasteiger partial charge in [-0.15, -0.1) is 5.10 Å². The summed E-state index contributed by atoms with van der Waals surface area (Å²) in [5.74, 6) is 5.53. The van der Waals surface area contributed by atoms with Crippen molar-refractivity contribution in [3.8, 4) is 0 Å². The average Bonchev–Trinajstić information content (AvgIpc) is 2.76. The zero-order valence-corrected chi connectivity index (χ0v) is 10.3. The molecule has 1 heterocycles. The Balaban J connectivity index is 2.38. The third-order valence-electron chi connectivity index (χ3n) is 2.20. The lowest BCUT2D eigenvalue weighted by molar-refractivity contribution is 0.0948. The molecule has 6 nitrogen and oxygen atoms in total. The van der Waals surface area contributed by atoms with Crippen LogP contribution < -0.4 is 11.3 Å². The van der Waals surface area contributed by atoms with Crippen LogP contribution in [-0.4, -0.2) is 31.9 Å². The summed E-state index contributed by atoms with van der Waals surface area (Å²) in [4.78, 5) is 11.1. The van der Waals surface area contributed by atoms with Gasteiger partial charge < -0.3 is 0 Å². The van der Waals surface area contributed by atoms with Crippen LogP contribution in [0.4, 0.5) is 0 Å². The third kappa shape index (κ3) is 3.82. The van der Waals surface area contributed by atoms with Crippen molar-refractivity contribution in [2.24, 2.45) is 5.84 Å². The molecule has 1 amide bonds. The highest BCUT2D eigenvalue weighted by Crippen LogP contribution is 2.13. The highest BCUT2D eigenvalue weighted by molar-refractivity contribution is 7.99. The number of nitrogens with one attached hydrogen (secondary N) is 1. The van der Waals surface area contributed by atoms with E-state index >= 15 is 0 Å². The predicted molar refractivity (Wildman–Crippen MR) is 63.9 cm³/mol. The third-order valence-corrected chi connectivity index (χ3v) is 3.52. The van der Waals surface area contributed by atoms with Crippen molar-refractivity contribution < 1.29 is 4.79 Å². The van der Waals surface area contributed by atoms with E-state index in [1.807, 2.05) is 17.2 Å². The molecule has 0 bridgehead atoms. The van der Waals surface area contributed by atoms with Crippen molar-refractivity contribution in [3.05, 3.63) is 11.9 Å².